The van der Waals surface area contributed by atoms with Crippen LogP contribution in [0.15, 0.2) is 0 Å². The van der Waals surface area contributed by atoms with E-state index in [0.717, 1.165) is 12.3 Å². The van der Waals surface area contributed by atoms with Gasteiger partial charge in [0.25, 0.3) is 0 Å². The van der Waals surface area contributed by atoms with Crippen molar-refractivity contribution in [3.8, 4) is 0 Å². The van der Waals surface area contributed by atoms with Crippen molar-refractivity contribution in [2.75, 3.05) is 45.9 Å². The van der Waals surface area contributed by atoms with Gasteiger partial charge in [-0.15, -0.1) is 0 Å². The van der Waals surface area contributed by atoms with Crippen LogP contribution in [0.2, 0.25) is 0 Å². The summed E-state index contributed by atoms with van der Waals surface area (Å²) < 4.78 is 0. The topological polar surface area (TPSA) is 26.7 Å². The van der Waals surface area contributed by atoms with Gasteiger partial charge in [-0.05, 0) is 77.2 Å². The van der Waals surface area contributed by atoms with Crippen LogP contribution in [0, 0.1) is 5.92 Å². The molecule has 0 bridgehead atoms. The molecule has 0 aromatic heterocycles. The fourth-order valence-electron chi connectivity index (χ4n) is 3.30. The lowest BCUT2D eigenvalue weighted by molar-refractivity contribution is 0.142. The van der Waals surface area contributed by atoms with E-state index in [1.54, 1.807) is 0 Å². The van der Waals surface area contributed by atoms with Crippen LogP contribution in [-0.2, 0) is 0 Å². The minimum atomic E-state index is 0.367. The summed E-state index contributed by atoms with van der Waals surface area (Å²) in [7, 11) is 0. The zero-order chi connectivity index (χ0) is 11.9. The van der Waals surface area contributed by atoms with Crippen LogP contribution in [0.3, 0.4) is 0 Å². The molecule has 0 aromatic rings. The zero-order valence-corrected chi connectivity index (χ0v) is 11.1. The van der Waals surface area contributed by atoms with Gasteiger partial charge < -0.3 is 14.9 Å². The number of hydrogen-bond donors (Lipinski definition) is 1. The molecular formula is C14H28N2O. The highest BCUT2D eigenvalue weighted by atomic mass is 16.3. The van der Waals surface area contributed by atoms with Gasteiger partial charge >= 0.3 is 0 Å². The van der Waals surface area contributed by atoms with E-state index in [1.165, 1.54) is 71.4 Å². The Labute approximate surface area is 106 Å². The molecule has 0 aromatic carbocycles. The van der Waals surface area contributed by atoms with Crippen molar-refractivity contribution in [3.63, 3.8) is 0 Å². The molecule has 1 atom stereocenters. The Hall–Kier alpha value is -0.120. The van der Waals surface area contributed by atoms with Gasteiger partial charge in [-0.25, -0.2) is 0 Å². The van der Waals surface area contributed by atoms with E-state index in [0.29, 0.717) is 6.61 Å². The molecule has 2 fully saturated rings. The van der Waals surface area contributed by atoms with Gasteiger partial charge in [-0.2, -0.15) is 0 Å². The maximum absolute atomic E-state index is 9.00. The number of aliphatic hydroxyl groups excluding tert-OH is 1. The van der Waals surface area contributed by atoms with Crippen LogP contribution in [0.25, 0.3) is 0 Å². The minimum Gasteiger partial charge on any atom is -0.396 e. The van der Waals surface area contributed by atoms with Gasteiger partial charge in [0.1, 0.15) is 0 Å². The van der Waals surface area contributed by atoms with E-state index in [9.17, 15) is 0 Å². The first-order valence-electron chi connectivity index (χ1n) is 7.44. The van der Waals surface area contributed by atoms with Gasteiger partial charge in [0.05, 0.1) is 0 Å². The van der Waals surface area contributed by atoms with Gasteiger partial charge in [0, 0.05) is 13.2 Å². The predicted molar refractivity (Wildman–Crippen MR) is 71.2 cm³/mol. The summed E-state index contributed by atoms with van der Waals surface area (Å²) in [5, 5.41) is 9.00. The van der Waals surface area contributed by atoms with E-state index in [4.69, 9.17) is 5.11 Å². The molecule has 1 unspecified atom stereocenters. The molecule has 2 rings (SSSR count). The second-order valence-corrected chi connectivity index (χ2v) is 5.72. The molecule has 0 saturated carbocycles. The van der Waals surface area contributed by atoms with Gasteiger partial charge in [0.15, 0.2) is 0 Å². The van der Waals surface area contributed by atoms with Crippen LogP contribution in [0.1, 0.15) is 38.5 Å². The normalized spacial score (nSPS) is 27.7. The molecular weight excluding hydrogens is 212 g/mol. The molecule has 0 radical (unpaired) electrons. The third-order valence-corrected chi connectivity index (χ3v) is 4.29. The first-order valence-corrected chi connectivity index (χ1v) is 7.44. The standard InChI is InChI=1S/C14H28N2O/c17-12-6-14-5-3-9-16(13-14)11-4-10-15-7-1-2-8-15/h14,17H,1-13H2. The summed E-state index contributed by atoms with van der Waals surface area (Å²) in [6.07, 6.45) is 7.79. The number of hydrogen-bond acceptors (Lipinski definition) is 3. The fraction of sp³-hybridized carbons (Fsp3) is 1.00. The Morgan fingerprint density at radius 3 is 2.41 bits per heavy atom. The Balaban J connectivity index is 1.58. The lowest BCUT2D eigenvalue weighted by Gasteiger charge is -2.32. The first-order chi connectivity index (χ1) is 8.38. The summed E-state index contributed by atoms with van der Waals surface area (Å²) >= 11 is 0. The number of nitrogens with zero attached hydrogens (tertiary/aromatic N) is 2. The SMILES string of the molecule is OCCC1CCCN(CCCN2CCCC2)C1. The molecule has 17 heavy (non-hydrogen) atoms. The lowest BCUT2D eigenvalue weighted by Crippen LogP contribution is -2.37. The monoisotopic (exact) mass is 240 g/mol. The quantitative estimate of drug-likeness (QED) is 0.763. The Kier molecular flexibility index (Phi) is 5.75. The molecule has 0 amide bonds. The van der Waals surface area contributed by atoms with E-state index in [-0.39, 0.29) is 0 Å². The third-order valence-electron chi connectivity index (χ3n) is 4.29. The minimum absolute atomic E-state index is 0.367. The van der Waals surface area contributed by atoms with Crippen molar-refractivity contribution >= 4 is 0 Å². The van der Waals surface area contributed by atoms with Crippen molar-refractivity contribution in [1.82, 2.24) is 9.80 Å². The largest absolute Gasteiger partial charge is 0.396 e. The first kappa shape index (κ1) is 13.3. The van der Waals surface area contributed by atoms with Gasteiger partial charge in [0.2, 0.25) is 0 Å². The highest BCUT2D eigenvalue weighted by Crippen LogP contribution is 2.19. The summed E-state index contributed by atoms with van der Waals surface area (Å²) in [6, 6.07) is 0. The van der Waals surface area contributed by atoms with Crippen molar-refractivity contribution in [2.45, 2.75) is 38.5 Å². The van der Waals surface area contributed by atoms with E-state index in [1.807, 2.05) is 0 Å². The molecule has 2 aliphatic heterocycles. The van der Waals surface area contributed by atoms with E-state index < -0.39 is 0 Å². The maximum Gasteiger partial charge on any atom is 0.0434 e. The number of aliphatic hydroxyl groups is 1. The highest BCUT2D eigenvalue weighted by Gasteiger charge is 2.19. The summed E-state index contributed by atoms with van der Waals surface area (Å²) in [4.78, 5) is 5.22. The van der Waals surface area contributed by atoms with Crippen molar-refractivity contribution in [3.05, 3.63) is 0 Å². The summed E-state index contributed by atoms with van der Waals surface area (Å²) in [6.45, 7) is 8.08. The molecule has 0 aliphatic carbocycles. The van der Waals surface area contributed by atoms with Crippen LogP contribution in [0.4, 0.5) is 0 Å². The molecule has 100 valence electrons. The molecule has 3 heteroatoms. The molecule has 3 nitrogen and oxygen atoms in total. The van der Waals surface area contributed by atoms with Crippen molar-refractivity contribution < 1.29 is 5.11 Å². The molecule has 0 spiro atoms. The van der Waals surface area contributed by atoms with Crippen molar-refractivity contribution in [2.24, 2.45) is 5.92 Å². The number of piperidine rings is 1. The number of rotatable bonds is 6. The average Bonchev–Trinajstić information content (AvgIpc) is 2.83. The second-order valence-electron chi connectivity index (χ2n) is 5.72. The second kappa shape index (κ2) is 7.34. The van der Waals surface area contributed by atoms with Gasteiger partial charge in [-0.1, -0.05) is 0 Å². The summed E-state index contributed by atoms with van der Waals surface area (Å²) in [5.74, 6) is 0.750. The summed E-state index contributed by atoms with van der Waals surface area (Å²) in [5.41, 5.74) is 0. The smallest absolute Gasteiger partial charge is 0.0434 e. The van der Waals surface area contributed by atoms with Crippen LogP contribution >= 0.6 is 0 Å². The van der Waals surface area contributed by atoms with E-state index >= 15 is 0 Å². The average molecular weight is 240 g/mol. The third kappa shape index (κ3) is 4.57. The predicted octanol–water partition coefficient (Wildman–Crippen LogP) is 1.57. The Bertz CT molecular complexity index is 202. The molecule has 2 saturated heterocycles. The lowest BCUT2D eigenvalue weighted by atomic mass is 9.95. The Morgan fingerprint density at radius 1 is 0.941 bits per heavy atom. The van der Waals surface area contributed by atoms with Gasteiger partial charge in [-0.3, -0.25) is 0 Å². The van der Waals surface area contributed by atoms with Crippen LogP contribution in [-0.4, -0.2) is 60.8 Å². The van der Waals surface area contributed by atoms with E-state index in [2.05, 4.69) is 9.80 Å². The fourth-order valence-corrected chi connectivity index (χ4v) is 3.30. The van der Waals surface area contributed by atoms with Crippen LogP contribution in [0.5, 0.6) is 0 Å². The van der Waals surface area contributed by atoms with Crippen LogP contribution < -0.4 is 0 Å². The zero-order valence-electron chi connectivity index (χ0n) is 11.1. The Morgan fingerprint density at radius 2 is 1.65 bits per heavy atom. The molecule has 2 heterocycles. The van der Waals surface area contributed by atoms with Crippen molar-refractivity contribution in [1.29, 1.82) is 0 Å². The number of likely N-dealkylation sites (tertiary alicyclic amines) is 2. The molecule has 1 N–H and O–H groups in total. The maximum atomic E-state index is 9.00. The highest BCUT2D eigenvalue weighted by molar-refractivity contribution is 4.74. The molecule has 2 aliphatic rings.